The summed E-state index contributed by atoms with van der Waals surface area (Å²) in [7, 11) is 0. The molecular weight excluding hydrogens is 703 g/mol. The number of hydrogen-bond acceptors (Lipinski definition) is 7. The summed E-state index contributed by atoms with van der Waals surface area (Å²) in [6.45, 7) is 2.63. The van der Waals surface area contributed by atoms with Crippen LogP contribution in [0.2, 0.25) is 5.02 Å². The number of nitrogens with one attached hydrogen (secondary N) is 3. The predicted octanol–water partition coefficient (Wildman–Crippen LogP) is 6.81. The number of guanidine groups is 1. The van der Waals surface area contributed by atoms with Crippen molar-refractivity contribution in [3.05, 3.63) is 77.1 Å². The average Bonchev–Trinajstić information content (AvgIpc) is 3.42. The van der Waals surface area contributed by atoms with Crippen LogP contribution in [0.15, 0.2) is 60.1 Å². The van der Waals surface area contributed by atoms with Crippen molar-refractivity contribution in [2.24, 2.45) is 10.4 Å². The summed E-state index contributed by atoms with van der Waals surface area (Å²) >= 11 is 6.55. The summed E-state index contributed by atoms with van der Waals surface area (Å²) in [6, 6.07) is 8.19. The molecule has 4 aromatic rings. The van der Waals surface area contributed by atoms with Crippen LogP contribution < -0.4 is 10.6 Å². The Bertz CT molecular complexity index is 2010. The molecule has 2 aromatic carbocycles. The minimum Gasteiger partial charge on any atom is -0.465 e. The molecule has 0 saturated heterocycles. The van der Waals surface area contributed by atoms with Gasteiger partial charge < -0.3 is 10.4 Å². The van der Waals surface area contributed by atoms with Crippen LogP contribution in [0.4, 0.5) is 18.0 Å². The molecule has 1 fully saturated rings. The number of carbonyl (C=O) groups is 3. The molecule has 52 heavy (non-hydrogen) atoms. The second kappa shape index (κ2) is 14.4. The van der Waals surface area contributed by atoms with E-state index >= 15 is 9.18 Å². The quantitative estimate of drug-likeness (QED) is 0.124. The van der Waals surface area contributed by atoms with Gasteiger partial charge in [-0.1, -0.05) is 50.6 Å². The van der Waals surface area contributed by atoms with E-state index in [4.69, 9.17) is 16.6 Å². The molecule has 0 unspecified atom stereocenters. The summed E-state index contributed by atoms with van der Waals surface area (Å²) in [6.07, 6.45) is 4.48. The Kier molecular flexibility index (Phi) is 10.1. The lowest BCUT2D eigenvalue weighted by atomic mass is 9.75. The second-order valence-corrected chi connectivity index (χ2v) is 14.6. The fourth-order valence-electron chi connectivity index (χ4n) is 6.52. The molecule has 3 heterocycles. The average molecular weight is 740 g/mol. The van der Waals surface area contributed by atoms with Crippen molar-refractivity contribution in [2.45, 2.75) is 83.5 Å². The molecule has 1 aliphatic heterocycles. The number of amides is 3. The van der Waals surface area contributed by atoms with Gasteiger partial charge in [0.15, 0.2) is 11.4 Å². The Balaban J connectivity index is 1.45. The van der Waals surface area contributed by atoms with E-state index < -0.39 is 41.4 Å². The first-order chi connectivity index (χ1) is 24.6. The van der Waals surface area contributed by atoms with Crippen molar-refractivity contribution in [3.8, 4) is 22.5 Å². The molecule has 1 aliphatic carbocycles. The van der Waals surface area contributed by atoms with Crippen LogP contribution in [0.1, 0.15) is 83.0 Å². The van der Waals surface area contributed by atoms with Crippen molar-refractivity contribution in [1.82, 2.24) is 40.5 Å². The van der Waals surface area contributed by atoms with E-state index in [1.165, 1.54) is 29.6 Å². The third-order valence-electron chi connectivity index (χ3n) is 8.83. The smallest absolute Gasteiger partial charge is 0.411 e. The van der Waals surface area contributed by atoms with Crippen LogP contribution in [-0.4, -0.2) is 64.9 Å². The van der Waals surface area contributed by atoms with Gasteiger partial charge in [0.05, 0.1) is 17.3 Å². The maximum Gasteiger partial charge on any atom is 0.411 e. The van der Waals surface area contributed by atoms with E-state index in [0.29, 0.717) is 33.1 Å². The summed E-state index contributed by atoms with van der Waals surface area (Å²) < 4.78 is 43.3. The first-order valence-electron chi connectivity index (χ1n) is 16.7. The third-order valence-corrected chi connectivity index (χ3v) is 9.16. The molecule has 0 bridgehead atoms. The third kappa shape index (κ3) is 7.81. The number of hydrogen-bond donors (Lipinski definition) is 4. The van der Waals surface area contributed by atoms with Crippen molar-refractivity contribution < 1.29 is 32.7 Å². The molecule has 6 rings (SSSR count). The Labute approximate surface area is 301 Å². The van der Waals surface area contributed by atoms with Crippen LogP contribution >= 0.6 is 11.6 Å². The van der Waals surface area contributed by atoms with E-state index in [-0.39, 0.29) is 53.9 Å². The lowest BCUT2D eigenvalue weighted by Gasteiger charge is -2.35. The first-order valence-corrected chi connectivity index (χ1v) is 17.0. The molecular formula is C35H37ClF3N9O4. The van der Waals surface area contributed by atoms with Crippen LogP contribution in [0.5, 0.6) is 0 Å². The monoisotopic (exact) mass is 739 g/mol. The maximum absolute atomic E-state index is 16.4. The Hall–Kier alpha value is -5.25. The molecule has 17 heteroatoms. The predicted molar refractivity (Wildman–Crippen MR) is 185 cm³/mol. The van der Waals surface area contributed by atoms with Crippen LogP contribution in [0, 0.1) is 11.2 Å². The van der Waals surface area contributed by atoms with Gasteiger partial charge >= 0.3 is 12.6 Å². The topological polar surface area (TPSA) is 170 Å². The van der Waals surface area contributed by atoms with Gasteiger partial charge in [-0.3, -0.25) is 24.9 Å². The highest BCUT2D eigenvalue weighted by Crippen LogP contribution is 2.47. The van der Waals surface area contributed by atoms with Gasteiger partial charge in [0.2, 0.25) is 11.9 Å². The maximum atomic E-state index is 16.4. The summed E-state index contributed by atoms with van der Waals surface area (Å²) in [5.41, 5.74) is -1.30. The molecule has 0 spiro atoms. The van der Waals surface area contributed by atoms with Gasteiger partial charge in [-0.05, 0) is 66.8 Å². The standard InChI is InChI=1S/C35H37ClF3N9O4/c1-34(2,3)17-35(24-11-7-19(14-26(24)37)21-15-42-47(16-21)31(38)39)30(50)48(32(45-35)44-33(51)52)27(5-4-6-28(49)43-22-9-10-22)20-8-12-25(36)23(13-20)29-40-18-41-46-29/h7-8,11-16,18,22,27,31H,4-6,9-10,17H2,1-3H3,(H,43,49)(H,44,45)(H,51,52)(H,40,41,46)/t27-,35+/m0/s1. The summed E-state index contributed by atoms with van der Waals surface area (Å²) in [5.74, 6) is -1.68. The molecule has 2 aliphatic rings. The number of nitrogens with zero attached hydrogens (tertiary/aromatic N) is 6. The van der Waals surface area contributed by atoms with Crippen molar-refractivity contribution in [1.29, 1.82) is 0 Å². The van der Waals surface area contributed by atoms with Gasteiger partial charge in [-0.15, -0.1) is 0 Å². The molecule has 2 atom stereocenters. The minimum absolute atomic E-state index is 0.0415. The normalized spacial score (nSPS) is 18.1. The zero-order valence-corrected chi connectivity index (χ0v) is 29.3. The van der Waals surface area contributed by atoms with Gasteiger partial charge in [0.25, 0.3) is 5.91 Å². The van der Waals surface area contributed by atoms with E-state index in [1.54, 1.807) is 18.2 Å². The second-order valence-electron chi connectivity index (χ2n) is 14.1. The number of aromatic nitrogens is 5. The number of carbonyl (C=O) groups excluding carboxylic acids is 2. The molecule has 3 amide bonds. The highest BCUT2D eigenvalue weighted by molar-refractivity contribution is 6.33. The Morgan fingerprint density at radius 1 is 1.15 bits per heavy atom. The summed E-state index contributed by atoms with van der Waals surface area (Å²) in [5, 5.41) is 25.8. The number of benzene rings is 2. The first kappa shape index (κ1) is 36.5. The molecule has 13 nitrogen and oxygen atoms in total. The number of carboxylic acid groups (broad SMARTS) is 1. The van der Waals surface area contributed by atoms with Crippen LogP contribution in [0.3, 0.4) is 0 Å². The molecule has 0 radical (unpaired) electrons. The summed E-state index contributed by atoms with van der Waals surface area (Å²) in [4.78, 5) is 50.1. The fraction of sp³-hybridized carbons (Fsp3) is 0.400. The van der Waals surface area contributed by atoms with Crippen molar-refractivity contribution in [3.63, 3.8) is 0 Å². The molecule has 274 valence electrons. The lowest BCUT2D eigenvalue weighted by Crippen LogP contribution is -2.48. The fourth-order valence-corrected chi connectivity index (χ4v) is 6.73. The number of H-pyrrole nitrogens is 1. The lowest BCUT2D eigenvalue weighted by molar-refractivity contribution is -0.134. The minimum atomic E-state index is -2.89. The highest BCUT2D eigenvalue weighted by Gasteiger charge is 2.55. The largest absolute Gasteiger partial charge is 0.465 e. The number of halogens is 4. The number of aromatic amines is 1. The van der Waals surface area contributed by atoms with Crippen molar-refractivity contribution in [2.75, 3.05) is 0 Å². The van der Waals surface area contributed by atoms with Crippen LogP contribution in [0.25, 0.3) is 22.5 Å². The number of alkyl halides is 2. The van der Waals surface area contributed by atoms with E-state index in [0.717, 1.165) is 25.1 Å². The number of rotatable bonds is 12. The van der Waals surface area contributed by atoms with Gasteiger partial charge in [-0.2, -0.15) is 19.0 Å². The molecule has 4 N–H and O–H groups in total. The van der Waals surface area contributed by atoms with E-state index in [9.17, 15) is 23.5 Å². The highest BCUT2D eigenvalue weighted by atomic mass is 35.5. The zero-order valence-electron chi connectivity index (χ0n) is 28.5. The molecule has 2 aromatic heterocycles. The van der Waals surface area contributed by atoms with Gasteiger partial charge in [0, 0.05) is 35.3 Å². The molecule has 1 saturated carbocycles. The van der Waals surface area contributed by atoms with Gasteiger partial charge in [0.1, 0.15) is 12.1 Å². The van der Waals surface area contributed by atoms with E-state index in [1.807, 2.05) is 20.8 Å². The Morgan fingerprint density at radius 2 is 1.92 bits per heavy atom. The zero-order chi connectivity index (χ0) is 37.4. The van der Waals surface area contributed by atoms with Crippen LogP contribution in [-0.2, 0) is 15.1 Å². The van der Waals surface area contributed by atoms with E-state index in [2.05, 4.69) is 30.9 Å². The SMILES string of the molecule is CC(C)(C)C[C@]1(c2ccc(-c3cnn(C(F)F)c3)cc2F)N=C(NC(=O)O)N([C@@H](CCCC(=O)NC2CC2)c2ccc(Cl)c(-c3ncn[nH]3)c2)C1=O. The number of aliphatic imine (C=N–C) groups is 1. The Morgan fingerprint density at radius 3 is 2.54 bits per heavy atom. The van der Waals surface area contributed by atoms with Crippen molar-refractivity contribution >= 4 is 35.5 Å². The van der Waals surface area contributed by atoms with Gasteiger partial charge in [-0.25, -0.2) is 23.8 Å².